The van der Waals surface area contributed by atoms with Crippen molar-refractivity contribution in [3.8, 4) is 0 Å². The number of rotatable bonds is 6. The summed E-state index contributed by atoms with van der Waals surface area (Å²) in [6.07, 6.45) is 2.60. The van der Waals surface area contributed by atoms with Crippen LogP contribution in [0.5, 0.6) is 0 Å². The number of piperidine rings is 1. The number of benzene rings is 2. The van der Waals surface area contributed by atoms with Crippen LogP contribution in [0.2, 0.25) is 0 Å². The smallest absolute Gasteiger partial charge is 0.0234 e. The zero-order valence-corrected chi connectivity index (χ0v) is 18.5. The molecule has 2 aliphatic rings. The van der Waals surface area contributed by atoms with Gasteiger partial charge in [0.1, 0.15) is 0 Å². The quantitative estimate of drug-likeness (QED) is 0.498. The highest BCUT2D eigenvalue weighted by molar-refractivity contribution is 7.08. The molecule has 5 rings (SSSR count). The molecule has 3 aromatic rings. The van der Waals surface area contributed by atoms with E-state index in [1.54, 1.807) is 5.56 Å². The van der Waals surface area contributed by atoms with Crippen LogP contribution in [0.1, 0.15) is 41.4 Å². The van der Waals surface area contributed by atoms with E-state index in [9.17, 15) is 0 Å². The minimum atomic E-state index is 0.673. The van der Waals surface area contributed by atoms with Crippen molar-refractivity contribution in [3.63, 3.8) is 0 Å². The third kappa shape index (κ3) is 4.69. The van der Waals surface area contributed by atoms with E-state index in [2.05, 4.69) is 87.3 Å². The fourth-order valence-electron chi connectivity index (χ4n) is 5.49. The van der Waals surface area contributed by atoms with E-state index in [4.69, 9.17) is 0 Å². The molecule has 2 fully saturated rings. The van der Waals surface area contributed by atoms with Crippen molar-refractivity contribution in [1.82, 2.24) is 9.80 Å². The second-order valence-electron chi connectivity index (χ2n) is 9.09. The Balaban J connectivity index is 1.22. The molecule has 0 radical (unpaired) electrons. The maximum Gasteiger partial charge on any atom is 0.0234 e. The summed E-state index contributed by atoms with van der Waals surface area (Å²) in [5.74, 6) is 2.15. The average Bonchev–Trinajstić information content (AvgIpc) is 3.46. The van der Waals surface area contributed by atoms with Gasteiger partial charge in [0.25, 0.3) is 0 Å². The monoisotopic (exact) mass is 416 g/mol. The molecule has 30 heavy (non-hydrogen) atoms. The molecule has 0 unspecified atom stereocenters. The Morgan fingerprint density at radius 3 is 2.20 bits per heavy atom. The van der Waals surface area contributed by atoms with Crippen LogP contribution in [0.4, 0.5) is 0 Å². The van der Waals surface area contributed by atoms with Crippen LogP contribution < -0.4 is 0 Å². The molecule has 2 nitrogen and oxygen atoms in total. The number of hydrogen-bond acceptors (Lipinski definition) is 3. The summed E-state index contributed by atoms with van der Waals surface area (Å²) < 4.78 is 0. The summed E-state index contributed by atoms with van der Waals surface area (Å²) in [5, 5.41) is 4.63. The van der Waals surface area contributed by atoms with Crippen molar-refractivity contribution in [2.24, 2.45) is 5.92 Å². The Kier molecular flexibility index (Phi) is 6.31. The summed E-state index contributed by atoms with van der Waals surface area (Å²) in [6, 6.07) is 24.5. The topological polar surface area (TPSA) is 6.48 Å². The van der Waals surface area contributed by atoms with Gasteiger partial charge in [-0.05, 0) is 71.3 Å². The minimum Gasteiger partial charge on any atom is -0.303 e. The van der Waals surface area contributed by atoms with E-state index < -0.39 is 0 Å². The molecule has 2 saturated heterocycles. The predicted molar refractivity (Wildman–Crippen MR) is 127 cm³/mol. The van der Waals surface area contributed by atoms with E-state index in [-0.39, 0.29) is 0 Å². The van der Waals surface area contributed by atoms with E-state index >= 15 is 0 Å². The number of likely N-dealkylation sites (tertiary alicyclic amines) is 2. The van der Waals surface area contributed by atoms with Crippen molar-refractivity contribution >= 4 is 11.3 Å². The third-order valence-electron chi connectivity index (χ3n) is 7.09. The number of nitrogens with zero attached hydrogens (tertiary/aromatic N) is 2. The highest BCUT2D eigenvalue weighted by Crippen LogP contribution is 2.36. The van der Waals surface area contributed by atoms with Gasteiger partial charge in [-0.1, -0.05) is 60.7 Å². The molecule has 3 heteroatoms. The van der Waals surface area contributed by atoms with E-state index in [0.29, 0.717) is 5.92 Å². The summed E-state index contributed by atoms with van der Waals surface area (Å²) in [4.78, 5) is 5.43. The lowest BCUT2D eigenvalue weighted by Gasteiger charge is -2.34. The Hall–Kier alpha value is -1.94. The molecule has 0 amide bonds. The van der Waals surface area contributed by atoms with Crippen LogP contribution in [-0.2, 0) is 6.54 Å². The van der Waals surface area contributed by atoms with Gasteiger partial charge in [0.2, 0.25) is 0 Å². The van der Waals surface area contributed by atoms with Gasteiger partial charge < -0.3 is 4.90 Å². The molecule has 1 aromatic heterocycles. The zero-order valence-electron chi connectivity index (χ0n) is 17.7. The number of thiophene rings is 1. The second kappa shape index (κ2) is 9.47. The van der Waals surface area contributed by atoms with Gasteiger partial charge >= 0.3 is 0 Å². The van der Waals surface area contributed by atoms with E-state index in [0.717, 1.165) is 18.4 Å². The highest BCUT2D eigenvalue weighted by Gasteiger charge is 2.35. The molecule has 2 aliphatic heterocycles. The lowest BCUT2D eigenvalue weighted by molar-refractivity contribution is 0.177. The Labute approximate surface area is 185 Å². The molecule has 0 aliphatic carbocycles. The largest absolute Gasteiger partial charge is 0.303 e. The van der Waals surface area contributed by atoms with Crippen molar-refractivity contribution in [2.75, 3.05) is 32.7 Å². The van der Waals surface area contributed by atoms with Gasteiger partial charge in [-0.15, -0.1) is 0 Å². The molecule has 2 aromatic carbocycles. The molecule has 0 saturated carbocycles. The summed E-state index contributed by atoms with van der Waals surface area (Å²) in [7, 11) is 0. The van der Waals surface area contributed by atoms with Gasteiger partial charge in [0.05, 0.1) is 0 Å². The van der Waals surface area contributed by atoms with Gasteiger partial charge in [-0.25, -0.2) is 0 Å². The van der Waals surface area contributed by atoms with Crippen LogP contribution in [-0.4, -0.2) is 42.5 Å². The first-order valence-electron chi connectivity index (χ1n) is 11.4. The van der Waals surface area contributed by atoms with Crippen LogP contribution in [0.15, 0.2) is 77.5 Å². The van der Waals surface area contributed by atoms with Crippen molar-refractivity contribution in [1.29, 1.82) is 0 Å². The standard InChI is InChI=1S/C27H32N2S/c1-3-7-22(8-4-1)17-29-19-26(27(20-29)25-13-16-30-21-25)18-28-14-11-24(12-15-28)23-9-5-2-6-10-23/h1-10,13,16,21,24,26-27H,11-12,14-15,17-20H2/t26-,27+/m1/s1. The Morgan fingerprint density at radius 2 is 1.50 bits per heavy atom. The molecule has 0 bridgehead atoms. The SMILES string of the molecule is c1ccc(CN2C[C@@H](CN3CCC(c4ccccc4)CC3)[C@H](c3ccsc3)C2)cc1. The maximum atomic E-state index is 2.75. The molecule has 0 N–H and O–H groups in total. The molecule has 2 atom stereocenters. The Bertz CT molecular complexity index is 885. The molecule has 156 valence electrons. The first-order chi connectivity index (χ1) is 14.8. The lowest BCUT2D eigenvalue weighted by Crippen LogP contribution is -2.38. The lowest BCUT2D eigenvalue weighted by atomic mass is 9.87. The fourth-order valence-corrected chi connectivity index (χ4v) is 6.21. The highest BCUT2D eigenvalue weighted by atomic mass is 32.1. The second-order valence-corrected chi connectivity index (χ2v) is 9.87. The third-order valence-corrected chi connectivity index (χ3v) is 7.79. The number of hydrogen-bond donors (Lipinski definition) is 0. The van der Waals surface area contributed by atoms with Gasteiger partial charge in [0, 0.05) is 32.1 Å². The first-order valence-corrected chi connectivity index (χ1v) is 12.3. The normalized spacial score (nSPS) is 23.7. The van der Waals surface area contributed by atoms with E-state index in [1.807, 2.05) is 11.3 Å². The van der Waals surface area contributed by atoms with Crippen LogP contribution >= 0.6 is 11.3 Å². The summed E-state index contributed by atoms with van der Waals surface area (Å²) in [6.45, 7) is 7.21. The average molecular weight is 417 g/mol. The van der Waals surface area contributed by atoms with Gasteiger partial charge in [-0.3, -0.25) is 4.90 Å². The Morgan fingerprint density at radius 1 is 0.767 bits per heavy atom. The summed E-state index contributed by atoms with van der Waals surface area (Å²) >= 11 is 1.85. The minimum absolute atomic E-state index is 0.673. The summed E-state index contributed by atoms with van der Waals surface area (Å²) in [5.41, 5.74) is 4.52. The predicted octanol–water partition coefficient (Wildman–Crippen LogP) is 5.84. The molecule has 3 heterocycles. The van der Waals surface area contributed by atoms with Crippen molar-refractivity contribution in [3.05, 3.63) is 94.2 Å². The van der Waals surface area contributed by atoms with Crippen LogP contribution in [0, 0.1) is 5.92 Å². The van der Waals surface area contributed by atoms with Crippen molar-refractivity contribution in [2.45, 2.75) is 31.2 Å². The zero-order chi connectivity index (χ0) is 20.2. The molecule has 0 spiro atoms. The van der Waals surface area contributed by atoms with Crippen LogP contribution in [0.25, 0.3) is 0 Å². The molecular formula is C27H32N2S. The van der Waals surface area contributed by atoms with Crippen molar-refractivity contribution < 1.29 is 0 Å². The first kappa shape index (κ1) is 20.0. The van der Waals surface area contributed by atoms with E-state index in [1.165, 1.54) is 56.7 Å². The van der Waals surface area contributed by atoms with Crippen LogP contribution in [0.3, 0.4) is 0 Å². The fraction of sp³-hybridized carbons (Fsp3) is 0.407. The maximum absolute atomic E-state index is 2.75. The van der Waals surface area contributed by atoms with Gasteiger partial charge in [0.15, 0.2) is 0 Å². The van der Waals surface area contributed by atoms with Gasteiger partial charge in [-0.2, -0.15) is 11.3 Å². The molecular weight excluding hydrogens is 384 g/mol.